The number of hydrogen-bond acceptors (Lipinski definition) is 2. The van der Waals surface area contributed by atoms with E-state index in [2.05, 4.69) is 30.3 Å². The van der Waals surface area contributed by atoms with Crippen molar-refractivity contribution >= 4 is 0 Å². The fourth-order valence-corrected chi connectivity index (χ4v) is 3.49. The van der Waals surface area contributed by atoms with Crippen molar-refractivity contribution < 1.29 is 9.84 Å². The molecule has 2 aromatic carbocycles. The van der Waals surface area contributed by atoms with Crippen LogP contribution in [0.2, 0.25) is 0 Å². The van der Waals surface area contributed by atoms with E-state index >= 15 is 0 Å². The van der Waals surface area contributed by atoms with Gasteiger partial charge in [0.15, 0.2) is 0 Å². The van der Waals surface area contributed by atoms with Gasteiger partial charge in [-0.25, -0.2) is 0 Å². The van der Waals surface area contributed by atoms with Gasteiger partial charge in [0.05, 0.1) is 13.2 Å². The Bertz CT molecular complexity index is 661. The van der Waals surface area contributed by atoms with Crippen LogP contribution in [0.5, 0.6) is 5.75 Å². The summed E-state index contributed by atoms with van der Waals surface area (Å²) in [5.41, 5.74) is 5.87. The molecule has 2 aromatic rings. The van der Waals surface area contributed by atoms with Crippen molar-refractivity contribution in [3.8, 4) is 5.75 Å². The van der Waals surface area contributed by atoms with Crippen molar-refractivity contribution in [1.29, 1.82) is 0 Å². The van der Waals surface area contributed by atoms with Crippen molar-refractivity contribution in [1.82, 2.24) is 0 Å². The zero-order chi connectivity index (χ0) is 15.0. The van der Waals surface area contributed by atoms with E-state index in [1.54, 1.807) is 7.11 Å². The molecule has 0 radical (unpaired) electrons. The van der Waals surface area contributed by atoms with Crippen LogP contribution in [-0.4, -0.2) is 12.2 Å². The first kappa shape index (κ1) is 14.2. The SMILES string of the molecule is COc1cc(C)c(C(O)C2CCc3ccccc32)cc1C. The summed E-state index contributed by atoms with van der Waals surface area (Å²) in [7, 11) is 1.69. The molecular formula is C19H22O2. The molecule has 0 spiro atoms. The zero-order valence-corrected chi connectivity index (χ0v) is 12.9. The third kappa shape index (κ3) is 2.44. The first-order chi connectivity index (χ1) is 10.1. The fourth-order valence-electron chi connectivity index (χ4n) is 3.49. The lowest BCUT2D eigenvalue weighted by molar-refractivity contribution is 0.144. The van der Waals surface area contributed by atoms with E-state index in [1.165, 1.54) is 11.1 Å². The number of methoxy groups -OCH3 is 1. The number of aliphatic hydroxyl groups is 1. The molecular weight excluding hydrogens is 260 g/mol. The van der Waals surface area contributed by atoms with Crippen LogP contribution < -0.4 is 4.74 Å². The van der Waals surface area contributed by atoms with Crippen molar-refractivity contribution in [2.45, 2.75) is 38.7 Å². The molecule has 3 rings (SSSR count). The normalized spacial score (nSPS) is 18.4. The highest BCUT2D eigenvalue weighted by molar-refractivity contribution is 5.45. The van der Waals surface area contributed by atoms with Gasteiger partial charge >= 0.3 is 0 Å². The molecule has 2 atom stereocenters. The fraction of sp³-hybridized carbons (Fsp3) is 0.368. The second-order valence-corrected chi connectivity index (χ2v) is 5.97. The highest BCUT2D eigenvalue weighted by Gasteiger charge is 2.30. The lowest BCUT2D eigenvalue weighted by Crippen LogP contribution is -2.10. The van der Waals surface area contributed by atoms with Crippen molar-refractivity contribution in [2.75, 3.05) is 7.11 Å². The maximum absolute atomic E-state index is 10.9. The van der Waals surface area contributed by atoms with Crippen LogP contribution in [0.3, 0.4) is 0 Å². The molecule has 1 N–H and O–H groups in total. The second kappa shape index (κ2) is 5.53. The Labute approximate surface area is 126 Å². The third-order valence-electron chi connectivity index (χ3n) is 4.66. The minimum absolute atomic E-state index is 0.202. The topological polar surface area (TPSA) is 29.5 Å². The average Bonchev–Trinajstić information content (AvgIpc) is 2.92. The number of benzene rings is 2. The summed E-state index contributed by atoms with van der Waals surface area (Å²) in [5.74, 6) is 1.09. The minimum atomic E-state index is -0.446. The highest BCUT2D eigenvalue weighted by atomic mass is 16.5. The molecule has 0 aromatic heterocycles. The summed E-state index contributed by atoms with van der Waals surface area (Å²) >= 11 is 0. The molecule has 0 aliphatic heterocycles. The molecule has 0 amide bonds. The standard InChI is InChI=1S/C19H22O2/c1-12-11-18(21-3)13(2)10-17(12)19(20)16-9-8-14-6-4-5-7-15(14)16/h4-7,10-11,16,19-20H,8-9H2,1-3H3. The van der Waals surface area contributed by atoms with Gasteiger partial charge in [-0.2, -0.15) is 0 Å². The number of hydrogen-bond donors (Lipinski definition) is 1. The largest absolute Gasteiger partial charge is 0.496 e. The number of fused-ring (bicyclic) bond motifs is 1. The molecule has 2 nitrogen and oxygen atoms in total. The minimum Gasteiger partial charge on any atom is -0.496 e. The second-order valence-electron chi connectivity index (χ2n) is 5.97. The van der Waals surface area contributed by atoms with Crippen molar-refractivity contribution in [2.24, 2.45) is 0 Å². The number of ether oxygens (including phenoxy) is 1. The first-order valence-electron chi connectivity index (χ1n) is 7.53. The maximum atomic E-state index is 10.9. The number of aryl methyl sites for hydroxylation is 3. The molecule has 0 saturated carbocycles. The Kier molecular flexibility index (Phi) is 3.73. The van der Waals surface area contributed by atoms with Crippen LogP contribution in [0.15, 0.2) is 36.4 Å². The monoisotopic (exact) mass is 282 g/mol. The van der Waals surface area contributed by atoms with Gasteiger partial charge in [-0.3, -0.25) is 0 Å². The van der Waals surface area contributed by atoms with Crippen LogP contribution >= 0.6 is 0 Å². The predicted octanol–water partition coefficient (Wildman–Crippen LogP) is 4.08. The summed E-state index contributed by atoms with van der Waals surface area (Å²) in [4.78, 5) is 0. The van der Waals surface area contributed by atoms with Gasteiger partial charge in [-0.15, -0.1) is 0 Å². The highest BCUT2D eigenvalue weighted by Crippen LogP contribution is 2.43. The molecule has 1 aliphatic carbocycles. The summed E-state index contributed by atoms with van der Waals surface area (Å²) in [5, 5.41) is 10.9. The summed E-state index contributed by atoms with van der Waals surface area (Å²) in [6.07, 6.45) is 1.63. The van der Waals surface area contributed by atoms with Crippen LogP contribution in [-0.2, 0) is 6.42 Å². The van der Waals surface area contributed by atoms with Crippen LogP contribution in [0.1, 0.15) is 46.3 Å². The van der Waals surface area contributed by atoms with Gasteiger partial charge in [0, 0.05) is 5.92 Å². The lowest BCUT2D eigenvalue weighted by Gasteiger charge is -2.22. The smallest absolute Gasteiger partial charge is 0.122 e. The maximum Gasteiger partial charge on any atom is 0.122 e. The summed E-state index contributed by atoms with van der Waals surface area (Å²) in [6.45, 7) is 4.07. The predicted molar refractivity (Wildman–Crippen MR) is 84.9 cm³/mol. The van der Waals surface area contributed by atoms with Gasteiger partial charge < -0.3 is 9.84 Å². The lowest BCUT2D eigenvalue weighted by atomic mass is 9.87. The van der Waals surface area contributed by atoms with Crippen molar-refractivity contribution in [3.05, 3.63) is 64.2 Å². The third-order valence-corrected chi connectivity index (χ3v) is 4.66. The van der Waals surface area contributed by atoms with Gasteiger partial charge in [0.1, 0.15) is 5.75 Å². The van der Waals surface area contributed by atoms with Crippen molar-refractivity contribution in [3.63, 3.8) is 0 Å². The van der Waals surface area contributed by atoms with Gasteiger partial charge in [-0.05, 0) is 66.6 Å². The van der Waals surface area contributed by atoms with Gasteiger partial charge in [0.25, 0.3) is 0 Å². The van der Waals surface area contributed by atoms with E-state index in [0.29, 0.717) is 0 Å². The number of rotatable bonds is 3. The van der Waals surface area contributed by atoms with E-state index in [4.69, 9.17) is 4.74 Å². The molecule has 2 unspecified atom stereocenters. The van der Waals surface area contributed by atoms with Gasteiger partial charge in [-0.1, -0.05) is 24.3 Å². The average molecular weight is 282 g/mol. The summed E-state index contributed by atoms with van der Waals surface area (Å²) < 4.78 is 5.36. The molecule has 21 heavy (non-hydrogen) atoms. The van der Waals surface area contributed by atoms with E-state index in [1.807, 2.05) is 19.9 Å². The number of aliphatic hydroxyl groups excluding tert-OH is 1. The van der Waals surface area contributed by atoms with E-state index < -0.39 is 6.10 Å². The molecule has 0 fully saturated rings. The quantitative estimate of drug-likeness (QED) is 0.919. The Morgan fingerprint density at radius 3 is 2.67 bits per heavy atom. The van der Waals surface area contributed by atoms with Gasteiger partial charge in [0.2, 0.25) is 0 Å². The first-order valence-corrected chi connectivity index (χ1v) is 7.53. The molecule has 0 bridgehead atoms. The Balaban J connectivity index is 1.97. The Hall–Kier alpha value is -1.80. The Morgan fingerprint density at radius 2 is 1.90 bits per heavy atom. The van der Waals surface area contributed by atoms with Crippen LogP contribution in [0, 0.1) is 13.8 Å². The molecule has 110 valence electrons. The summed E-state index contributed by atoms with van der Waals surface area (Å²) in [6, 6.07) is 12.6. The zero-order valence-electron chi connectivity index (χ0n) is 12.9. The molecule has 0 saturated heterocycles. The Morgan fingerprint density at radius 1 is 1.14 bits per heavy atom. The van der Waals surface area contributed by atoms with E-state index in [0.717, 1.165) is 35.3 Å². The van der Waals surface area contributed by atoms with Crippen LogP contribution in [0.4, 0.5) is 0 Å². The molecule has 0 heterocycles. The van der Waals surface area contributed by atoms with Crippen LogP contribution in [0.25, 0.3) is 0 Å². The van der Waals surface area contributed by atoms with E-state index in [-0.39, 0.29) is 5.92 Å². The van der Waals surface area contributed by atoms with E-state index in [9.17, 15) is 5.11 Å². The molecule has 1 aliphatic rings. The molecule has 2 heteroatoms.